The van der Waals surface area contributed by atoms with E-state index in [1.165, 1.54) is 0 Å². The van der Waals surface area contributed by atoms with Gasteiger partial charge >= 0.3 is 6.09 Å². The van der Waals surface area contributed by atoms with Gasteiger partial charge in [0.15, 0.2) is 5.78 Å². The van der Waals surface area contributed by atoms with Crippen LogP contribution in [0.25, 0.3) is 0 Å². The summed E-state index contributed by atoms with van der Waals surface area (Å²) in [5.74, 6) is -1.64. The molecule has 58 heavy (non-hydrogen) atoms. The number of ether oxygens (including phenoxy) is 3. The summed E-state index contributed by atoms with van der Waals surface area (Å²) in [7, 11) is 4.93. The topological polar surface area (TPSA) is 135 Å². The standard InChI is InChI=1S/C46H76N4O8/c1-13-32(4)40(48(10)43(54)35(31(2)3)29-38(51)46(9)25-18-19-28-50(46)44(55)58-45(6,7)8)37(56-11)30-39(52)49-27-20-23-36(49)41(57-12)33(5)42(53)47-26-24-34-21-16-14-15-17-22-34/h14-17,21-22,31-37,40-41H,13,18-20,23-30H2,1-12H3,(H,47,53)/t32-,33+,35-,36-,37+,40-,41+,46+/m0/s1. The lowest BCUT2D eigenvalue weighted by molar-refractivity contribution is -0.150. The fraction of sp³-hybridized carbons (Fsp3) is 0.761. The highest BCUT2D eigenvalue weighted by atomic mass is 16.6. The Morgan fingerprint density at radius 3 is 2.14 bits per heavy atom. The summed E-state index contributed by atoms with van der Waals surface area (Å²) in [5.41, 5.74) is -1.80. The molecule has 2 heterocycles. The van der Waals surface area contributed by atoms with Gasteiger partial charge in [0.1, 0.15) is 11.1 Å². The summed E-state index contributed by atoms with van der Waals surface area (Å²) in [6, 6.07) is -0.738. The van der Waals surface area contributed by atoms with E-state index in [-0.39, 0.29) is 60.1 Å². The second-order valence-corrected chi connectivity index (χ2v) is 18.3. The molecule has 0 saturated carbocycles. The van der Waals surface area contributed by atoms with Crippen molar-refractivity contribution in [2.45, 2.75) is 156 Å². The molecule has 12 heteroatoms. The smallest absolute Gasteiger partial charge is 0.411 e. The first-order valence-electron chi connectivity index (χ1n) is 21.8. The van der Waals surface area contributed by atoms with Gasteiger partial charge in [-0.25, -0.2) is 4.79 Å². The normalized spacial score (nSPS) is 23.2. The van der Waals surface area contributed by atoms with E-state index in [0.29, 0.717) is 32.5 Å². The molecule has 1 aliphatic carbocycles. The van der Waals surface area contributed by atoms with Crippen molar-refractivity contribution in [3.8, 4) is 0 Å². The summed E-state index contributed by atoms with van der Waals surface area (Å²) < 4.78 is 17.8. The number of ketones is 1. The molecule has 2 aliphatic heterocycles. The molecule has 0 aromatic heterocycles. The van der Waals surface area contributed by atoms with Gasteiger partial charge in [-0.3, -0.25) is 24.1 Å². The molecule has 4 amide bonds. The van der Waals surface area contributed by atoms with Crippen molar-refractivity contribution in [1.82, 2.24) is 20.0 Å². The number of carbonyl (C=O) groups is 5. The number of carbonyl (C=O) groups excluding carboxylic acids is 5. The van der Waals surface area contributed by atoms with E-state index in [9.17, 15) is 24.0 Å². The molecule has 328 valence electrons. The van der Waals surface area contributed by atoms with Gasteiger partial charge in [-0.2, -0.15) is 0 Å². The van der Waals surface area contributed by atoms with Crippen LogP contribution in [0.5, 0.6) is 0 Å². The average Bonchev–Trinajstić information content (AvgIpc) is 3.51. The Hall–Kier alpha value is -3.51. The minimum Gasteiger partial charge on any atom is -0.444 e. The van der Waals surface area contributed by atoms with Gasteiger partial charge < -0.3 is 29.3 Å². The maximum atomic E-state index is 14.6. The van der Waals surface area contributed by atoms with Crippen LogP contribution in [0.2, 0.25) is 0 Å². The zero-order valence-electron chi connectivity index (χ0n) is 37.8. The van der Waals surface area contributed by atoms with Crippen molar-refractivity contribution in [2.24, 2.45) is 29.6 Å². The van der Waals surface area contributed by atoms with Crippen LogP contribution < -0.4 is 5.32 Å². The van der Waals surface area contributed by atoms with Crippen molar-refractivity contribution in [1.29, 1.82) is 0 Å². The third kappa shape index (κ3) is 12.7. The molecule has 0 unspecified atom stereocenters. The fourth-order valence-corrected chi connectivity index (χ4v) is 8.94. The third-order valence-corrected chi connectivity index (χ3v) is 12.7. The van der Waals surface area contributed by atoms with Gasteiger partial charge in [-0.15, -0.1) is 0 Å². The van der Waals surface area contributed by atoms with E-state index in [2.05, 4.69) is 31.3 Å². The summed E-state index contributed by atoms with van der Waals surface area (Å²) in [6.07, 6.45) is 15.7. The van der Waals surface area contributed by atoms with Gasteiger partial charge in [-0.05, 0) is 84.0 Å². The number of piperidine rings is 1. The third-order valence-electron chi connectivity index (χ3n) is 12.7. The Morgan fingerprint density at radius 2 is 1.57 bits per heavy atom. The van der Waals surface area contributed by atoms with Crippen LogP contribution in [0.15, 0.2) is 36.5 Å². The number of nitrogens with one attached hydrogen (secondary N) is 1. The van der Waals surface area contributed by atoms with E-state index in [1.54, 1.807) is 38.0 Å². The SMILES string of the molecule is CC[C@H](C)[C@@H]([C@@H](CC(=O)N1CCC[C@H]1[C@H](OC)[C@@H](C)C(=O)NCCC1C=CC=CC=C1)OC)N(C)C(=O)[C@@H](CC(=O)[C@@]1(C)CCCCN1C(=O)OC(C)(C)C)C(C)C. The molecule has 2 fully saturated rings. The Kier molecular flexibility index (Phi) is 18.7. The first-order valence-corrected chi connectivity index (χ1v) is 21.8. The lowest BCUT2D eigenvalue weighted by atomic mass is 9.78. The van der Waals surface area contributed by atoms with Gasteiger partial charge in [0.25, 0.3) is 0 Å². The summed E-state index contributed by atoms with van der Waals surface area (Å²) >= 11 is 0. The molecule has 8 atom stereocenters. The van der Waals surface area contributed by atoms with E-state index >= 15 is 0 Å². The first-order chi connectivity index (χ1) is 27.3. The number of Topliss-reactive ketones (excluding diaryl/α,β-unsaturated/α-hetero) is 1. The second-order valence-electron chi connectivity index (χ2n) is 18.3. The molecule has 0 bridgehead atoms. The van der Waals surface area contributed by atoms with E-state index in [0.717, 1.165) is 32.1 Å². The van der Waals surface area contributed by atoms with Gasteiger partial charge in [-0.1, -0.05) is 77.5 Å². The highest BCUT2D eigenvalue weighted by Gasteiger charge is 2.48. The number of amides is 4. The number of allylic oxidation sites excluding steroid dienone is 6. The molecule has 0 radical (unpaired) electrons. The second kappa shape index (κ2) is 22.2. The average molecular weight is 813 g/mol. The largest absolute Gasteiger partial charge is 0.444 e. The molecule has 0 aromatic rings. The van der Waals surface area contributed by atoms with Crippen molar-refractivity contribution in [2.75, 3.05) is 40.9 Å². The van der Waals surface area contributed by atoms with Crippen molar-refractivity contribution >= 4 is 29.6 Å². The minimum absolute atomic E-state index is 0.0216. The number of rotatable bonds is 19. The highest BCUT2D eigenvalue weighted by Crippen LogP contribution is 2.35. The molecule has 0 aromatic carbocycles. The Balaban J connectivity index is 1.75. The molecule has 3 aliphatic rings. The van der Waals surface area contributed by atoms with E-state index in [1.807, 2.05) is 70.7 Å². The number of likely N-dealkylation sites (N-methyl/N-ethyl adjacent to an activating group) is 1. The number of likely N-dealkylation sites (tertiary alicyclic amines) is 2. The highest BCUT2D eigenvalue weighted by molar-refractivity contribution is 5.95. The first kappa shape index (κ1) is 48.9. The lowest BCUT2D eigenvalue weighted by Crippen LogP contribution is -2.59. The Morgan fingerprint density at radius 1 is 0.914 bits per heavy atom. The molecule has 0 spiro atoms. The van der Waals surface area contributed by atoms with Crippen LogP contribution in [-0.4, -0.2) is 121 Å². The molecule has 1 N–H and O–H groups in total. The maximum Gasteiger partial charge on any atom is 0.411 e. The van der Waals surface area contributed by atoms with Crippen LogP contribution in [-0.2, 0) is 33.4 Å². The fourth-order valence-electron chi connectivity index (χ4n) is 8.94. The van der Waals surface area contributed by atoms with E-state index in [4.69, 9.17) is 14.2 Å². The Labute approximate surface area is 349 Å². The van der Waals surface area contributed by atoms with Crippen LogP contribution in [0.3, 0.4) is 0 Å². The molecule has 12 nitrogen and oxygen atoms in total. The lowest BCUT2D eigenvalue weighted by Gasteiger charge is -2.45. The predicted molar refractivity (Wildman–Crippen MR) is 228 cm³/mol. The van der Waals surface area contributed by atoms with E-state index < -0.39 is 47.3 Å². The summed E-state index contributed by atoms with van der Waals surface area (Å²) in [4.78, 5) is 74.9. The monoisotopic (exact) mass is 813 g/mol. The van der Waals surface area contributed by atoms with Gasteiger partial charge in [0, 0.05) is 53.2 Å². The molecule has 2 saturated heterocycles. The molecular weight excluding hydrogens is 737 g/mol. The predicted octanol–water partition coefficient (Wildman–Crippen LogP) is 7.12. The van der Waals surface area contributed by atoms with Crippen molar-refractivity contribution in [3.63, 3.8) is 0 Å². The van der Waals surface area contributed by atoms with Gasteiger partial charge in [0.05, 0.1) is 36.6 Å². The van der Waals surface area contributed by atoms with Crippen LogP contribution in [0.4, 0.5) is 4.79 Å². The van der Waals surface area contributed by atoms with Gasteiger partial charge in [0.2, 0.25) is 17.7 Å². The van der Waals surface area contributed by atoms with Crippen molar-refractivity contribution < 1.29 is 38.2 Å². The van der Waals surface area contributed by atoms with Crippen LogP contribution >= 0.6 is 0 Å². The quantitative estimate of drug-likeness (QED) is 0.146. The maximum absolute atomic E-state index is 14.6. The number of hydrogen-bond donors (Lipinski definition) is 1. The molecule has 3 rings (SSSR count). The number of hydrogen-bond acceptors (Lipinski definition) is 8. The zero-order chi connectivity index (χ0) is 43.4. The van der Waals surface area contributed by atoms with Crippen LogP contribution in [0.1, 0.15) is 120 Å². The number of methoxy groups -OCH3 is 2. The summed E-state index contributed by atoms with van der Waals surface area (Å²) in [5, 5.41) is 3.08. The zero-order valence-corrected chi connectivity index (χ0v) is 37.8. The molecular formula is C46H76N4O8. The summed E-state index contributed by atoms with van der Waals surface area (Å²) in [6.45, 7) is 18.6. The number of nitrogens with zero attached hydrogens (tertiary/aromatic N) is 3. The van der Waals surface area contributed by atoms with Crippen LogP contribution in [0, 0.1) is 29.6 Å². The Bertz CT molecular complexity index is 1470. The minimum atomic E-state index is -1.09. The van der Waals surface area contributed by atoms with Crippen molar-refractivity contribution in [3.05, 3.63) is 36.5 Å².